The highest BCUT2D eigenvalue weighted by atomic mass is 32.2. The fraction of sp³-hybridized carbons (Fsp3) is 0.353. The van der Waals surface area contributed by atoms with Gasteiger partial charge in [-0.3, -0.25) is 9.78 Å². The summed E-state index contributed by atoms with van der Waals surface area (Å²) in [6, 6.07) is 6.57. The van der Waals surface area contributed by atoms with E-state index in [-0.39, 0.29) is 30.1 Å². The van der Waals surface area contributed by atoms with E-state index < -0.39 is 10.0 Å². The van der Waals surface area contributed by atoms with E-state index in [0.717, 1.165) is 11.3 Å². The van der Waals surface area contributed by atoms with Crippen LogP contribution in [0.3, 0.4) is 0 Å². The van der Waals surface area contributed by atoms with E-state index in [1.54, 1.807) is 29.2 Å². The molecule has 1 saturated heterocycles. The molecule has 1 unspecified atom stereocenters. The van der Waals surface area contributed by atoms with Crippen molar-refractivity contribution in [2.75, 3.05) is 19.6 Å². The average molecular weight is 358 g/mol. The number of pyridine rings is 2. The van der Waals surface area contributed by atoms with Gasteiger partial charge in [-0.15, -0.1) is 0 Å². The topological polar surface area (TPSA) is 83.5 Å². The summed E-state index contributed by atoms with van der Waals surface area (Å²) in [5.74, 6) is -0.0711. The number of hydrogen-bond donors (Lipinski definition) is 0. The smallest absolute Gasteiger partial charge is 0.260 e. The molecule has 130 valence electrons. The summed E-state index contributed by atoms with van der Waals surface area (Å²) in [6.45, 7) is 4.50. The zero-order chi connectivity index (χ0) is 17.8. The van der Waals surface area contributed by atoms with Crippen molar-refractivity contribution in [3.8, 4) is 0 Å². The Labute approximate surface area is 146 Å². The largest absolute Gasteiger partial charge is 0.327 e. The maximum absolute atomic E-state index is 12.9. The number of hydrogen-bond acceptors (Lipinski definition) is 5. The van der Waals surface area contributed by atoms with Crippen molar-refractivity contribution >= 4 is 15.9 Å². The quantitative estimate of drug-likeness (QED) is 0.808. The Morgan fingerprint density at radius 3 is 2.72 bits per heavy atom. The van der Waals surface area contributed by atoms with E-state index in [4.69, 9.17) is 0 Å². The highest BCUT2D eigenvalue weighted by Crippen LogP contribution is 2.36. The molecule has 0 spiro atoms. The molecule has 8 heteroatoms. The molecule has 0 radical (unpaired) electrons. The SMILES string of the molecule is Cc1ccnc(S(=O)(=O)N2CCN3C(=O)c4ccc(C)nc4C3C2)c1. The van der Waals surface area contributed by atoms with Gasteiger partial charge in [-0.2, -0.15) is 4.31 Å². The van der Waals surface area contributed by atoms with E-state index in [2.05, 4.69) is 9.97 Å². The zero-order valence-electron chi connectivity index (χ0n) is 14.0. The molecule has 2 aliphatic heterocycles. The first-order valence-electron chi connectivity index (χ1n) is 8.09. The normalized spacial score (nSPS) is 20.5. The number of amides is 1. The maximum atomic E-state index is 12.9. The van der Waals surface area contributed by atoms with Crippen LogP contribution in [0.2, 0.25) is 0 Å². The van der Waals surface area contributed by atoms with Crippen LogP contribution in [0.4, 0.5) is 0 Å². The number of fused-ring (bicyclic) bond motifs is 3. The predicted octanol–water partition coefficient (Wildman–Crippen LogP) is 1.29. The Balaban J connectivity index is 1.69. The summed E-state index contributed by atoms with van der Waals surface area (Å²) in [4.78, 5) is 22.7. The number of sulfonamides is 1. The Kier molecular flexibility index (Phi) is 3.62. The number of piperazine rings is 1. The van der Waals surface area contributed by atoms with Crippen LogP contribution in [-0.4, -0.2) is 53.1 Å². The van der Waals surface area contributed by atoms with E-state index in [1.165, 1.54) is 10.5 Å². The van der Waals surface area contributed by atoms with Crippen molar-refractivity contribution in [1.29, 1.82) is 0 Å². The highest BCUT2D eigenvalue weighted by Gasteiger charge is 2.44. The summed E-state index contributed by atoms with van der Waals surface area (Å²) in [7, 11) is -3.70. The fourth-order valence-electron chi connectivity index (χ4n) is 3.40. The highest BCUT2D eigenvalue weighted by molar-refractivity contribution is 7.89. The Bertz CT molecular complexity index is 974. The molecule has 0 aliphatic carbocycles. The molecule has 0 saturated carbocycles. The minimum absolute atomic E-state index is 0.0442. The van der Waals surface area contributed by atoms with E-state index in [1.807, 2.05) is 13.8 Å². The molecular weight excluding hydrogens is 340 g/mol. The lowest BCUT2D eigenvalue weighted by Gasteiger charge is -2.36. The number of rotatable bonds is 2. The molecule has 2 aromatic heterocycles. The Morgan fingerprint density at radius 2 is 1.96 bits per heavy atom. The van der Waals surface area contributed by atoms with Gasteiger partial charge in [-0.1, -0.05) is 0 Å². The zero-order valence-corrected chi connectivity index (χ0v) is 14.8. The molecule has 0 N–H and O–H groups in total. The lowest BCUT2D eigenvalue weighted by atomic mass is 10.1. The van der Waals surface area contributed by atoms with Crippen molar-refractivity contribution in [3.63, 3.8) is 0 Å². The molecule has 7 nitrogen and oxygen atoms in total. The molecule has 1 amide bonds. The van der Waals surface area contributed by atoms with E-state index in [0.29, 0.717) is 17.8 Å². The van der Waals surface area contributed by atoms with Crippen LogP contribution in [0.1, 0.15) is 33.4 Å². The molecule has 0 aromatic carbocycles. The van der Waals surface area contributed by atoms with Crippen LogP contribution in [0.5, 0.6) is 0 Å². The van der Waals surface area contributed by atoms with Gasteiger partial charge in [0.25, 0.3) is 15.9 Å². The van der Waals surface area contributed by atoms with Crippen LogP contribution < -0.4 is 0 Å². The second kappa shape index (κ2) is 5.60. The Hall–Kier alpha value is -2.32. The third kappa shape index (κ3) is 2.52. The maximum Gasteiger partial charge on any atom is 0.260 e. The second-order valence-electron chi connectivity index (χ2n) is 6.43. The molecule has 1 atom stereocenters. The van der Waals surface area contributed by atoms with Crippen LogP contribution in [-0.2, 0) is 10.0 Å². The van der Waals surface area contributed by atoms with Gasteiger partial charge < -0.3 is 4.90 Å². The van der Waals surface area contributed by atoms with Crippen molar-refractivity contribution in [1.82, 2.24) is 19.2 Å². The third-order valence-corrected chi connectivity index (χ3v) is 6.47. The lowest BCUT2D eigenvalue weighted by molar-refractivity contribution is 0.0625. The number of aromatic nitrogens is 2. The molecule has 25 heavy (non-hydrogen) atoms. The molecule has 1 fully saturated rings. The first-order valence-corrected chi connectivity index (χ1v) is 9.53. The Morgan fingerprint density at radius 1 is 1.16 bits per heavy atom. The van der Waals surface area contributed by atoms with Crippen LogP contribution >= 0.6 is 0 Å². The van der Waals surface area contributed by atoms with Gasteiger partial charge in [0.1, 0.15) is 0 Å². The van der Waals surface area contributed by atoms with Gasteiger partial charge in [0.05, 0.1) is 17.3 Å². The molecule has 4 heterocycles. The van der Waals surface area contributed by atoms with Crippen molar-refractivity contribution in [3.05, 3.63) is 53.0 Å². The molecule has 4 rings (SSSR count). The molecule has 2 aromatic rings. The van der Waals surface area contributed by atoms with Crippen LogP contribution in [0.25, 0.3) is 0 Å². The summed E-state index contributed by atoms with van der Waals surface area (Å²) >= 11 is 0. The first-order chi connectivity index (χ1) is 11.9. The number of nitrogens with zero attached hydrogens (tertiary/aromatic N) is 4. The summed E-state index contributed by atoms with van der Waals surface area (Å²) in [5, 5.41) is 0.0442. The predicted molar refractivity (Wildman–Crippen MR) is 90.5 cm³/mol. The van der Waals surface area contributed by atoms with Crippen molar-refractivity contribution < 1.29 is 13.2 Å². The number of carbonyl (C=O) groups excluding carboxylic acids is 1. The minimum atomic E-state index is -3.70. The standard InChI is InChI=1S/C17H18N4O3S/c1-11-5-6-18-15(9-11)25(23,24)20-7-8-21-14(10-20)16-13(17(21)22)4-3-12(2)19-16/h3-6,9,14H,7-8,10H2,1-2H3. The van der Waals surface area contributed by atoms with Crippen molar-refractivity contribution in [2.45, 2.75) is 24.9 Å². The van der Waals surface area contributed by atoms with Gasteiger partial charge in [0.2, 0.25) is 0 Å². The fourth-order valence-corrected chi connectivity index (χ4v) is 4.85. The van der Waals surface area contributed by atoms with Crippen LogP contribution in [0.15, 0.2) is 35.5 Å². The molecule has 2 aliphatic rings. The summed E-state index contributed by atoms with van der Waals surface area (Å²) in [5.41, 5.74) is 2.89. The monoisotopic (exact) mass is 358 g/mol. The summed E-state index contributed by atoms with van der Waals surface area (Å²) in [6.07, 6.45) is 1.50. The van der Waals surface area contributed by atoms with Crippen molar-refractivity contribution in [2.24, 2.45) is 0 Å². The summed E-state index contributed by atoms with van der Waals surface area (Å²) < 4.78 is 27.3. The minimum Gasteiger partial charge on any atom is -0.327 e. The van der Waals surface area contributed by atoms with Gasteiger partial charge in [-0.25, -0.2) is 13.4 Å². The lowest BCUT2D eigenvalue weighted by Crippen LogP contribution is -2.49. The number of aryl methyl sites for hydroxylation is 2. The third-order valence-electron chi connectivity index (χ3n) is 4.71. The second-order valence-corrected chi connectivity index (χ2v) is 8.32. The van der Waals surface area contributed by atoms with E-state index >= 15 is 0 Å². The van der Waals surface area contributed by atoms with Crippen LogP contribution in [0, 0.1) is 13.8 Å². The van der Waals surface area contributed by atoms with Gasteiger partial charge in [0.15, 0.2) is 5.03 Å². The first kappa shape index (κ1) is 16.2. The molecular formula is C17H18N4O3S. The van der Waals surface area contributed by atoms with E-state index in [9.17, 15) is 13.2 Å². The van der Waals surface area contributed by atoms with Gasteiger partial charge >= 0.3 is 0 Å². The van der Waals surface area contributed by atoms with Gasteiger partial charge in [-0.05, 0) is 43.7 Å². The molecule has 0 bridgehead atoms. The van der Waals surface area contributed by atoms with Gasteiger partial charge in [0, 0.05) is 31.5 Å². The average Bonchev–Trinajstić information content (AvgIpc) is 2.87. The number of carbonyl (C=O) groups is 1.